The van der Waals surface area contributed by atoms with Crippen molar-refractivity contribution in [2.75, 3.05) is 45.2 Å². The zero-order valence-electron chi connectivity index (χ0n) is 13.8. The summed E-state index contributed by atoms with van der Waals surface area (Å²) in [6.45, 7) is 5.74. The van der Waals surface area contributed by atoms with Crippen molar-refractivity contribution >= 4 is 5.69 Å². The van der Waals surface area contributed by atoms with Crippen molar-refractivity contribution < 1.29 is 0 Å². The zero-order chi connectivity index (χ0) is 14.9. The third kappa shape index (κ3) is 6.06. The van der Waals surface area contributed by atoms with Crippen molar-refractivity contribution in [3.05, 3.63) is 29.8 Å². The van der Waals surface area contributed by atoms with Gasteiger partial charge in [0.1, 0.15) is 0 Å². The lowest BCUT2D eigenvalue weighted by Gasteiger charge is -2.28. The molecule has 0 aromatic heterocycles. The van der Waals surface area contributed by atoms with Crippen LogP contribution in [-0.4, -0.2) is 45.2 Å². The molecule has 1 aromatic carbocycles. The Morgan fingerprint density at radius 2 is 1.71 bits per heavy atom. The van der Waals surface area contributed by atoms with Crippen LogP contribution in [-0.2, 0) is 6.54 Å². The van der Waals surface area contributed by atoms with E-state index in [0.29, 0.717) is 0 Å². The molecular weight excluding hydrogens is 258 g/mol. The van der Waals surface area contributed by atoms with Crippen molar-refractivity contribution in [2.24, 2.45) is 0 Å². The molecule has 1 heterocycles. The largest absolute Gasteiger partial charge is 0.372 e. The highest BCUT2D eigenvalue weighted by atomic mass is 15.1. The van der Waals surface area contributed by atoms with Gasteiger partial charge < -0.3 is 15.1 Å². The third-order valence-electron chi connectivity index (χ3n) is 4.20. The van der Waals surface area contributed by atoms with Crippen molar-refractivity contribution in [3.8, 4) is 0 Å². The molecule has 118 valence electrons. The van der Waals surface area contributed by atoms with Gasteiger partial charge in [-0.2, -0.15) is 0 Å². The summed E-state index contributed by atoms with van der Waals surface area (Å²) in [5.41, 5.74) is 2.79. The molecular formula is C18H31N3. The molecule has 0 aliphatic carbocycles. The molecule has 21 heavy (non-hydrogen) atoms. The number of benzene rings is 1. The minimum Gasteiger partial charge on any atom is -0.372 e. The van der Waals surface area contributed by atoms with Crippen molar-refractivity contribution in [2.45, 2.75) is 38.6 Å². The highest BCUT2D eigenvalue weighted by molar-refractivity contribution is 5.47. The van der Waals surface area contributed by atoms with Gasteiger partial charge in [-0.3, -0.25) is 0 Å². The topological polar surface area (TPSA) is 18.5 Å². The smallest absolute Gasteiger partial charge is 0.0366 e. The van der Waals surface area contributed by atoms with Crippen LogP contribution in [0, 0.1) is 0 Å². The molecule has 1 N–H and O–H groups in total. The second kappa shape index (κ2) is 9.06. The minimum atomic E-state index is 0.988. The predicted molar refractivity (Wildman–Crippen MR) is 92.0 cm³/mol. The van der Waals surface area contributed by atoms with Crippen LogP contribution < -0.4 is 10.2 Å². The molecule has 0 amide bonds. The highest BCUT2D eigenvalue weighted by Crippen LogP contribution is 2.20. The van der Waals surface area contributed by atoms with Gasteiger partial charge in [0.2, 0.25) is 0 Å². The van der Waals surface area contributed by atoms with E-state index in [2.05, 4.69) is 53.5 Å². The Bertz CT molecular complexity index is 380. The number of hydrogen-bond acceptors (Lipinski definition) is 3. The average Bonchev–Trinajstić information content (AvgIpc) is 2.52. The summed E-state index contributed by atoms with van der Waals surface area (Å²) >= 11 is 0. The Morgan fingerprint density at radius 1 is 1.00 bits per heavy atom. The number of nitrogens with one attached hydrogen (secondary N) is 1. The number of hydrogen-bond donors (Lipinski definition) is 1. The van der Waals surface area contributed by atoms with Gasteiger partial charge in [0.05, 0.1) is 0 Å². The van der Waals surface area contributed by atoms with Crippen molar-refractivity contribution in [3.63, 3.8) is 0 Å². The lowest BCUT2D eigenvalue weighted by Crippen LogP contribution is -2.29. The van der Waals surface area contributed by atoms with Gasteiger partial charge in [-0.05, 0) is 77.0 Å². The molecule has 1 fully saturated rings. The quantitative estimate of drug-likeness (QED) is 0.742. The number of unbranched alkanes of at least 4 members (excludes halogenated alkanes) is 1. The monoisotopic (exact) mass is 289 g/mol. The molecule has 2 rings (SSSR count). The van der Waals surface area contributed by atoms with Gasteiger partial charge in [-0.1, -0.05) is 12.1 Å². The Labute approximate surface area is 130 Å². The Kier molecular flexibility index (Phi) is 7.04. The van der Waals surface area contributed by atoms with E-state index in [9.17, 15) is 0 Å². The Hall–Kier alpha value is -1.06. The van der Waals surface area contributed by atoms with E-state index in [1.807, 2.05) is 0 Å². The summed E-state index contributed by atoms with van der Waals surface area (Å²) in [4.78, 5) is 4.77. The van der Waals surface area contributed by atoms with Gasteiger partial charge in [0.15, 0.2) is 0 Å². The first kappa shape index (κ1) is 16.3. The number of anilines is 1. The van der Waals surface area contributed by atoms with Crippen LogP contribution in [0.4, 0.5) is 5.69 Å². The lowest BCUT2D eigenvalue weighted by atomic mass is 10.1. The summed E-state index contributed by atoms with van der Waals surface area (Å²) in [6.07, 6.45) is 6.61. The molecule has 1 aliphatic rings. The summed E-state index contributed by atoms with van der Waals surface area (Å²) in [5.74, 6) is 0. The zero-order valence-corrected chi connectivity index (χ0v) is 13.8. The molecule has 3 nitrogen and oxygen atoms in total. The maximum atomic E-state index is 3.54. The molecule has 0 bridgehead atoms. The second-order valence-electron chi connectivity index (χ2n) is 6.40. The average molecular weight is 289 g/mol. The van der Waals surface area contributed by atoms with Gasteiger partial charge in [-0.25, -0.2) is 0 Å². The van der Waals surface area contributed by atoms with Crippen LogP contribution in [0.25, 0.3) is 0 Å². The highest BCUT2D eigenvalue weighted by Gasteiger charge is 2.10. The fourth-order valence-electron chi connectivity index (χ4n) is 2.89. The summed E-state index contributed by atoms with van der Waals surface area (Å²) in [6, 6.07) is 9.12. The lowest BCUT2D eigenvalue weighted by molar-refractivity contribution is 0.391. The fourth-order valence-corrected chi connectivity index (χ4v) is 2.89. The third-order valence-corrected chi connectivity index (χ3v) is 4.20. The van der Waals surface area contributed by atoms with Crippen LogP contribution >= 0.6 is 0 Å². The predicted octanol–water partition coefficient (Wildman–Crippen LogP) is 3.11. The summed E-state index contributed by atoms with van der Waals surface area (Å²) < 4.78 is 0. The van der Waals surface area contributed by atoms with E-state index in [1.54, 1.807) is 0 Å². The Morgan fingerprint density at radius 3 is 2.38 bits per heavy atom. The summed E-state index contributed by atoms with van der Waals surface area (Å²) in [5, 5.41) is 3.54. The molecule has 0 saturated carbocycles. The van der Waals surface area contributed by atoms with E-state index in [1.165, 1.54) is 63.0 Å². The first-order chi connectivity index (χ1) is 10.3. The Balaban J connectivity index is 1.65. The molecule has 1 aromatic rings. The molecule has 3 heteroatoms. The number of piperidine rings is 1. The van der Waals surface area contributed by atoms with Crippen LogP contribution in [0.3, 0.4) is 0 Å². The number of rotatable bonds is 8. The van der Waals surface area contributed by atoms with Crippen LogP contribution in [0.1, 0.15) is 37.7 Å². The van der Waals surface area contributed by atoms with E-state index in [0.717, 1.165) is 13.1 Å². The van der Waals surface area contributed by atoms with Gasteiger partial charge >= 0.3 is 0 Å². The SMILES string of the molecule is CN(C)CCCCNCc1ccc(N2CCCCC2)cc1. The molecule has 1 aliphatic heterocycles. The molecule has 0 atom stereocenters. The maximum Gasteiger partial charge on any atom is 0.0366 e. The van der Waals surface area contributed by atoms with Crippen molar-refractivity contribution in [1.82, 2.24) is 10.2 Å². The summed E-state index contributed by atoms with van der Waals surface area (Å²) in [7, 11) is 4.27. The van der Waals surface area contributed by atoms with Crippen LogP contribution in [0.15, 0.2) is 24.3 Å². The van der Waals surface area contributed by atoms with Gasteiger partial charge in [0.25, 0.3) is 0 Å². The van der Waals surface area contributed by atoms with Crippen LogP contribution in [0.2, 0.25) is 0 Å². The van der Waals surface area contributed by atoms with Gasteiger partial charge in [-0.15, -0.1) is 0 Å². The van der Waals surface area contributed by atoms with E-state index < -0.39 is 0 Å². The van der Waals surface area contributed by atoms with E-state index in [4.69, 9.17) is 0 Å². The maximum absolute atomic E-state index is 3.54. The van der Waals surface area contributed by atoms with E-state index >= 15 is 0 Å². The molecule has 1 saturated heterocycles. The molecule has 0 spiro atoms. The van der Waals surface area contributed by atoms with Gasteiger partial charge in [0, 0.05) is 25.3 Å². The molecule has 0 unspecified atom stereocenters. The first-order valence-electron chi connectivity index (χ1n) is 8.45. The van der Waals surface area contributed by atoms with Crippen molar-refractivity contribution in [1.29, 1.82) is 0 Å². The van der Waals surface area contributed by atoms with E-state index in [-0.39, 0.29) is 0 Å². The number of nitrogens with zero attached hydrogens (tertiary/aromatic N) is 2. The minimum absolute atomic E-state index is 0.988. The standard InChI is InChI=1S/C18H31N3/c1-20(2)13-7-4-12-19-16-17-8-10-18(11-9-17)21-14-5-3-6-15-21/h8-11,19H,3-7,12-16H2,1-2H3. The molecule has 0 radical (unpaired) electrons. The first-order valence-corrected chi connectivity index (χ1v) is 8.45. The fraction of sp³-hybridized carbons (Fsp3) is 0.667. The van der Waals surface area contributed by atoms with Crippen LogP contribution in [0.5, 0.6) is 0 Å². The normalized spacial score (nSPS) is 15.7. The second-order valence-corrected chi connectivity index (χ2v) is 6.40.